The molecule has 0 radical (unpaired) electrons. The van der Waals surface area contributed by atoms with Gasteiger partial charge in [-0.25, -0.2) is 9.38 Å². The number of rotatable bonds is 4. The van der Waals surface area contributed by atoms with Gasteiger partial charge < -0.3 is 5.73 Å². The van der Waals surface area contributed by atoms with Gasteiger partial charge in [0.05, 0.1) is 11.1 Å². The molecule has 3 aromatic heterocycles. The zero-order valence-corrected chi connectivity index (χ0v) is 17.2. The fraction of sp³-hybridized carbons (Fsp3) is 0.263. The quantitative estimate of drug-likeness (QED) is 0.381. The number of aryl methyl sites for hydroxylation is 2. The van der Waals surface area contributed by atoms with Crippen LogP contribution in [-0.2, 0) is 12.8 Å². The molecule has 0 bridgehead atoms. The van der Waals surface area contributed by atoms with Gasteiger partial charge in [0.2, 0.25) is 5.95 Å². The number of hydrogen-bond acceptors (Lipinski definition) is 7. The number of fused-ring (bicyclic) bond motifs is 5. The van der Waals surface area contributed by atoms with Crippen LogP contribution in [0.15, 0.2) is 29.4 Å². The summed E-state index contributed by atoms with van der Waals surface area (Å²) < 4.78 is 1.76. The molecule has 6 nitrogen and oxygen atoms in total. The van der Waals surface area contributed by atoms with Crippen LogP contribution in [0.4, 0.5) is 5.95 Å². The molecule has 9 heteroatoms. The highest BCUT2D eigenvalue weighted by Gasteiger charge is 2.23. The molecule has 1 aromatic carbocycles. The smallest absolute Gasteiger partial charge is 0.209 e. The van der Waals surface area contributed by atoms with Crippen LogP contribution in [0.3, 0.4) is 0 Å². The van der Waals surface area contributed by atoms with Gasteiger partial charge in [0, 0.05) is 15.5 Å². The number of anilines is 1. The molecule has 2 N–H and O–H groups in total. The minimum absolute atomic E-state index is 0.0234. The van der Waals surface area contributed by atoms with Crippen LogP contribution in [0.5, 0.6) is 0 Å². The van der Waals surface area contributed by atoms with Crippen molar-refractivity contribution in [3.63, 3.8) is 0 Å². The number of hydrogen-bond donors (Lipinski definition) is 1. The van der Waals surface area contributed by atoms with Crippen molar-refractivity contribution >= 4 is 62.3 Å². The Balaban J connectivity index is 1.51. The Hall–Kier alpha value is -2.16. The van der Waals surface area contributed by atoms with E-state index in [9.17, 15) is 4.79 Å². The highest BCUT2D eigenvalue weighted by Crippen LogP contribution is 2.38. The number of halogens is 1. The second kappa shape index (κ2) is 7.02. The monoisotopic (exact) mass is 429 g/mol. The summed E-state index contributed by atoms with van der Waals surface area (Å²) in [5.41, 5.74) is 8.88. The van der Waals surface area contributed by atoms with Gasteiger partial charge in [0.25, 0.3) is 0 Å². The molecule has 5 rings (SSSR count). The highest BCUT2D eigenvalue weighted by atomic mass is 35.5. The summed E-state index contributed by atoms with van der Waals surface area (Å²) in [5, 5.41) is 10.9. The van der Waals surface area contributed by atoms with E-state index < -0.39 is 0 Å². The van der Waals surface area contributed by atoms with Crippen LogP contribution in [0.2, 0.25) is 5.02 Å². The second-order valence-electron chi connectivity index (χ2n) is 6.72. The first-order valence-electron chi connectivity index (χ1n) is 8.98. The lowest BCUT2D eigenvalue weighted by molar-refractivity contribution is 0.102. The van der Waals surface area contributed by atoms with Crippen molar-refractivity contribution in [2.75, 3.05) is 11.5 Å². The van der Waals surface area contributed by atoms with Crippen molar-refractivity contribution in [3.8, 4) is 0 Å². The third kappa shape index (κ3) is 2.96. The molecule has 0 saturated carbocycles. The van der Waals surface area contributed by atoms with E-state index in [-0.39, 0.29) is 11.5 Å². The number of nitrogens with two attached hydrogens (primary N) is 1. The Bertz CT molecular complexity index is 1230. The van der Waals surface area contributed by atoms with Gasteiger partial charge in [-0.3, -0.25) is 4.79 Å². The number of nitrogens with zero attached hydrogens (tertiary/aromatic N) is 4. The average Bonchev–Trinajstić information content (AvgIpc) is 3.27. The Kier molecular flexibility index (Phi) is 4.49. The van der Waals surface area contributed by atoms with Crippen LogP contribution in [0, 0.1) is 0 Å². The topological polar surface area (TPSA) is 86.2 Å². The number of thioether (sulfide) groups is 1. The molecule has 0 spiro atoms. The van der Waals surface area contributed by atoms with Crippen LogP contribution in [0.25, 0.3) is 15.9 Å². The fourth-order valence-electron chi connectivity index (χ4n) is 3.62. The molecule has 0 atom stereocenters. The van der Waals surface area contributed by atoms with E-state index >= 15 is 0 Å². The number of thiophene rings is 1. The number of Topliss-reactive ketones (excluding diaryl/α,β-unsaturated/α-hetero) is 1. The maximum atomic E-state index is 12.5. The first-order valence-corrected chi connectivity index (χ1v) is 11.2. The SMILES string of the molecule is Nc1nc2sc3c(c2c2nnc(SCC(=O)c4cccc(Cl)c4)n12)CCCC3. The highest BCUT2D eigenvalue weighted by molar-refractivity contribution is 7.99. The number of ketones is 1. The molecule has 0 unspecified atom stereocenters. The standard InChI is InChI=1S/C19H16ClN5OS2/c20-11-5-3-4-10(8-11)13(26)9-27-19-24-23-16-15-12-6-1-2-7-14(12)28-17(15)22-18(21)25(16)19/h3-5,8H,1-2,6-7,9H2,(H2,21,22). The van der Waals surface area contributed by atoms with Gasteiger partial charge in [-0.15, -0.1) is 21.5 Å². The van der Waals surface area contributed by atoms with E-state index in [1.54, 1.807) is 40.0 Å². The molecule has 0 fully saturated rings. The number of carbonyl (C=O) groups is 1. The van der Waals surface area contributed by atoms with E-state index in [2.05, 4.69) is 15.2 Å². The van der Waals surface area contributed by atoms with Crippen LogP contribution < -0.4 is 5.73 Å². The van der Waals surface area contributed by atoms with E-state index in [0.29, 0.717) is 21.7 Å². The summed E-state index contributed by atoms with van der Waals surface area (Å²) in [4.78, 5) is 19.4. The molecule has 0 aliphatic heterocycles. The fourth-order valence-corrected chi connectivity index (χ4v) is 5.91. The lowest BCUT2D eigenvalue weighted by Gasteiger charge is -2.10. The number of benzene rings is 1. The zero-order valence-electron chi connectivity index (χ0n) is 14.8. The molecule has 0 amide bonds. The molecule has 3 heterocycles. The third-order valence-electron chi connectivity index (χ3n) is 4.93. The Morgan fingerprint density at radius 1 is 1.29 bits per heavy atom. The maximum absolute atomic E-state index is 12.5. The van der Waals surface area contributed by atoms with Crippen LogP contribution in [0.1, 0.15) is 33.6 Å². The summed E-state index contributed by atoms with van der Waals surface area (Å²) in [5.74, 6) is 0.550. The molecule has 0 saturated heterocycles. The average molecular weight is 430 g/mol. The summed E-state index contributed by atoms with van der Waals surface area (Å²) in [6.07, 6.45) is 4.52. The van der Waals surface area contributed by atoms with Gasteiger partial charge in [-0.05, 0) is 43.4 Å². The maximum Gasteiger partial charge on any atom is 0.209 e. The largest absolute Gasteiger partial charge is 0.369 e. The van der Waals surface area contributed by atoms with Crippen molar-refractivity contribution in [1.82, 2.24) is 19.6 Å². The summed E-state index contributed by atoms with van der Waals surface area (Å²) in [6.45, 7) is 0. The minimum atomic E-state index is -0.0234. The van der Waals surface area contributed by atoms with Gasteiger partial charge >= 0.3 is 0 Å². The van der Waals surface area contributed by atoms with Gasteiger partial charge in [-0.1, -0.05) is 35.5 Å². The van der Waals surface area contributed by atoms with Gasteiger partial charge in [0.15, 0.2) is 16.6 Å². The van der Waals surface area contributed by atoms with Crippen molar-refractivity contribution in [3.05, 3.63) is 45.3 Å². The van der Waals surface area contributed by atoms with Crippen LogP contribution >= 0.6 is 34.7 Å². The number of carbonyl (C=O) groups excluding carboxylic acids is 1. The van der Waals surface area contributed by atoms with Crippen molar-refractivity contribution in [2.24, 2.45) is 0 Å². The molecule has 142 valence electrons. The van der Waals surface area contributed by atoms with E-state index in [1.165, 1.54) is 35.0 Å². The molecule has 1 aliphatic carbocycles. The minimum Gasteiger partial charge on any atom is -0.369 e. The van der Waals surface area contributed by atoms with Crippen molar-refractivity contribution in [1.29, 1.82) is 0 Å². The Morgan fingerprint density at radius 3 is 3.00 bits per heavy atom. The molecular weight excluding hydrogens is 414 g/mol. The molecule has 28 heavy (non-hydrogen) atoms. The van der Waals surface area contributed by atoms with Crippen molar-refractivity contribution < 1.29 is 4.79 Å². The summed E-state index contributed by atoms with van der Waals surface area (Å²) in [7, 11) is 0. The molecular formula is C19H16ClN5OS2. The predicted octanol–water partition coefficient (Wildman–Crippen LogP) is 4.43. The van der Waals surface area contributed by atoms with Gasteiger partial charge in [-0.2, -0.15) is 0 Å². The normalized spacial score (nSPS) is 13.9. The lowest BCUT2D eigenvalue weighted by Crippen LogP contribution is -2.05. The van der Waals surface area contributed by atoms with Crippen LogP contribution in [-0.4, -0.2) is 31.1 Å². The number of nitrogen functional groups attached to an aromatic ring is 1. The first kappa shape index (κ1) is 17.9. The predicted molar refractivity (Wildman–Crippen MR) is 114 cm³/mol. The first-order chi connectivity index (χ1) is 13.6. The third-order valence-corrected chi connectivity index (χ3v) is 7.28. The van der Waals surface area contributed by atoms with E-state index in [1.807, 2.05) is 0 Å². The summed E-state index contributed by atoms with van der Waals surface area (Å²) in [6, 6.07) is 6.94. The molecule has 1 aliphatic rings. The van der Waals surface area contributed by atoms with E-state index in [0.717, 1.165) is 28.7 Å². The summed E-state index contributed by atoms with van der Waals surface area (Å²) >= 11 is 9.00. The lowest BCUT2D eigenvalue weighted by atomic mass is 9.97. The van der Waals surface area contributed by atoms with E-state index in [4.69, 9.17) is 17.3 Å². The second-order valence-corrected chi connectivity index (χ2v) is 9.19. The Morgan fingerprint density at radius 2 is 2.14 bits per heavy atom. The zero-order chi connectivity index (χ0) is 19.3. The van der Waals surface area contributed by atoms with Crippen molar-refractivity contribution in [2.45, 2.75) is 30.8 Å². The van der Waals surface area contributed by atoms with Gasteiger partial charge in [0.1, 0.15) is 4.83 Å². The Labute approximate surface area is 174 Å². The molecule has 4 aromatic rings. The number of aromatic nitrogens is 4.